The van der Waals surface area contributed by atoms with Crippen LogP contribution >= 0.6 is 11.6 Å². The van der Waals surface area contributed by atoms with E-state index >= 15 is 0 Å². The van der Waals surface area contributed by atoms with Gasteiger partial charge in [-0.05, 0) is 12.1 Å². The zero-order valence-electron chi connectivity index (χ0n) is 7.33. The van der Waals surface area contributed by atoms with Crippen molar-refractivity contribution in [2.45, 2.75) is 0 Å². The summed E-state index contributed by atoms with van der Waals surface area (Å²) in [5, 5.41) is 0.206. The van der Waals surface area contributed by atoms with Crippen LogP contribution in [-0.4, -0.2) is 18.1 Å². The molecule has 0 unspecified atom stereocenters. The Morgan fingerprint density at radius 2 is 2.43 bits per heavy atom. The van der Waals surface area contributed by atoms with Crippen molar-refractivity contribution in [2.24, 2.45) is 0 Å². The maximum atomic E-state index is 13.1. The molecule has 1 heterocycles. The minimum Gasteiger partial charge on any atom is -0.466 e. The van der Waals surface area contributed by atoms with Gasteiger partial charge >= 0.3 is 5.97 Å². The summed E-state index contributed by atoms with van der Waals surface area (Å²) in [5.74, 6) is -1.15. The zero-order chi connectivity index (χ0) is 10.6. The Bertz CT molecular complexity index is 379. The van der Waals surface area contributed by atoms with E-state index in [4.69, 9.17) is 11.6 Å². The van der Waals surface area contributed by atoms with E-state index in [1.54, 1.807) is 0 Å². The summed E-state index contributed by atoms with van der Waals surface area (Å²) >= 11 is 5.49. The van der Waals surface area contributed by atoms with E-state index in [9.17, 15) is 9.18 Å². The first-order valence-electron chi connectivity index (χ1n) is 3.70. The monoisotopic (exact) mass is 215 g/mol. The first-order chi connectivity index (χ1) is 6.63. The number of hydrogen-bond donors (Lipinski definition) is 0. The molecular weight excluding hydrogens is 209 g/mol. The molecule has 74 valence electrons. The second-order valence-electron chi connectivity index (χ2n) is 2.38. The number of carbonyl (C=O) groups is 1. The molecule has 0 bridgehead atoms. The molecule has 0 aliphatic carbocycles. The normalized spacial score (nSPS) is 10.5. The van der Waals surface area contributed by atoms with Gasteiger partial charge in [0, 0.05) is 12.3 Å². The van der Waals surface area contributed by atoms with Crippen molar-refractivity contribution in [3.8, 4) is 0 Å². The molecule has 0 amide bonds. The molecule has 5 heteroatoms. The predicted molar refractivity (Wildman–Crippen MR) is 50.3 cm³/mol. The molecule has 14 heavy (non-hydrogen) atoms. The lowest BCUT2D eigenvalue weighted by molar-refractivity contribution is -0.134. The highest BCUT2D eigenvalue weighted by atomic mass is 35.5. The summed E-state index contributed by atoms with van der Waals surface area (Å²) in [5.41, 5.74) is 0.0415. The average Bonchev–Trinajstić information content (AvgIpc) is 2.16. The minimum atomic E-state index is -0.586. The molecule has 0 radical (unpaired) electrons. The average molecular weight is 216 g/mol. The van der Waals surface area contributed by atoms with Crippen LogP contribution in [0, 0.1) is 5.82 Å². The Hall–Kier alpha value is -1.42. The Labute approximate surface area is 85.2 Å². The first-order valence-corrected chi connectivity index (χ1v) is 4.08. The fourth-order valence-corrected chi connectivity index (χ4v) is 0.907. The van der Waals surface area contributed by atoms with Crippen LogP contribution < -0.4 is 0 Å². The maximum absolute atomic E-state index is 13.1. The molecule has 0 aliphatic heterocycles. The standard InChI is InChI=1S/C9H7ClFNO2/c1-14-9(13)3-2-8-7(11)4-6(10)5-12-8/h2-5H,1H3. The zero-order valence-corrected chi connectivity index (χ0v) is 8.08. The van der Waals surface area contributed by atoms with Crippen molar-refractivity contribution in [3.05, 3.63) is 34.9 Å². The number of nitrogens with zero attached hydrogens (tertiary/aromatic N) is 1. The van der Waals surface area contributed by atoms with Crippen molar-refractivity contribution in [1.29, 1.82) is 0 Å². The molecule has 1 aromatic rings. The van der Waals surface area contributed by atoms with Crippen LogP contribution in [0.25, 0.3) is 6.08 Å². The van der Waals surface area contributed by atoms with Crippen LogP contribution in [0.3, 0.4) is 0 Å². The fourth-order valence-electron chi connectivity index (χ4n) is 0.763. The fraction of sp³-hybridized carbons (Fsp3) is 0.111. The highest BCUT2D eigenvalue weighted by molar-refractivity contribution is 6.30. The van der Waals surface area contributed by atoms with E-state index in [2.05, 4.69) is 9.72 Å². The highest BCUT2D eigenvalue weighted by Gasteiger charge is 2.01. The molecule has 0 saturated carbocycles. The number of pyridine rings is 1. The molecule has 0 fully saturated rings. The largest absolute Gasteiger partial charge is 0.466 e. The number of hydrogen-bond acceptors (Lipinski definition) is 3. The van der Waals surface area contributed by atoms with Gasteiger partial charge in [-0.25, -0.2) is 9.18 Å². The second-order valence-corrected chi connectivity index (χ2v) is 2.81. The van der Waals surface area contributed by atoms with Crippen molar-refractivity contribution in [3.63, 3.8) is 0 Å². The number of esters is 1. The summed E-state index contributed by atoms with van der Waals surface area (Å²) in [6, 6.07) is 1.12. The van der Waals surface area contributed by atoms with Crippen LogP contribution in [0.15, 0.2) is 18.3 Å². The number of carbonyl (C=O) groups excluding carboxylic acids is 1. The molecule has 0 N–H and O–H groups in total. The van der Waals surface area contributed by atoms with Gasteiger partial charge in [0.15, 0.2) is 0 Å². The molecule has 0 aromatic carbocycles. The van der Waals surface area contributed by atoms with E-state index in [0.29, 0.717) is 0 Å². The van der Waals surface area contributed by atoms with Crippen LogP contribution in [0.1, 0.15) is 5.69 Å². The van der Waals surface area contributed by atoms with Gasteiger partial charge in [-0.15, -0.1) is 0 Å². The van der Waals surface area contributed by atoms with Crippen molar-refractivity contribution in [1.82, 2.24) is 4.98 Å². The van der Waals surface area contributed by atoms with Gasteiger partial charge < -0.3 is 4.74 Å². The molecule has 1 aromatic heterocycles. The van der Waals surface area contributed by atoms with E-state index in [1.807, 2.05) is 0 Å². The molecule has 0 atom stereocenters. The van der Waals surface area contributed by atoms with E-state index in [1.165, 1.54) is 19.4 Å². The number of ether oxygens (including phenoxy) is 1. The third-order valence-electron chi connectivity index (χ3n) is 1.41. The van der Waals surface area contributed by atoms with Crippen molar-refractivity contribution < 1.29 is 13.9 Å². The Balaban J connectivity index is 2.87. The summed E-state index contributed by atoms with van der Waals surface area (Å²) in [7, 11) is 1.23. The Morgan fingerprint density at radius 1 is 1.71 bits per heavy atom. The van der Waals surface area contributed by atoms with Crippen LogP contribution in [0.4, 0.5) is 4.39 Å². The third kappa shape index (κ3) is 2.81. The molecule has 3 nitrogen and oxygen atoms in total. The second kappa shape index (κ2) is 4.72. The Kier molecular flexibility index (Phi) is 3.59. The summed E-state index contributed by atoms with van der Waals surface area (Å²) in [6.07, 6.45) is 3.60. The number of aromatic nitrogens is 1. The van der Waals surface area contributed by atoms with Gasteiger partial charge in [-0.2, -0.15) is 0 Å². The molecule has 1 rings (SSSR count). The Morgan fingerprint density at radius 3 is 3.00 bits per heavy atom. The molecular formula is C9H7ClFNO2. The van der Waals surface area contributed by atoms with Gasteiger partial charge in [0.25, 0.3) is 0 Å². The first kappa shape index (κ1) is 10.7. The summed E-state index contributed by atoms with van der Waals surface area (Å²) < 4.78 is 17.4. The number of methoxy groups -OCH3 is 1. The van der Waals surface area contributed by atoms with Crippen LogP contribution in [0.5, 0.6) is 0 Å². The van der Waals surface area contributed by atoms with E-state index in [0.717, 1.165) is 12.1 Å². The quantitative estimate of drug-likeness (QED) is 0.560. The number of halogens is 2. The summed E-state index contributed by atoms with van der Waals surface area (Å²) in [6.45, 7) is 0. The molecule has 0 aliphatic rings. The summed E-state index contributed by atoms with van der Waals surface area (Å²) in [4.78, 5) is 14.4. The van der Waals surface area contributed by atoms with Crippen molar-refractivity contribution >= 4 is 23.6 Å². The lowest BCUT2D eigenvalue weighted by Crippen LogP contribution is -1.94. The highest BCUT2D eigenvalue weighted by Crippen LogP contribution is 2.12. The van der Waals surface area contributed by atoms with Gasteiger partial charge in [-0.1, -0.05) is 11.6 Å². The number of rotatable bonds is 2. The third-order valence-corrected chi connectivity index (χ3v) is 1.62. The van der Waals surface area contributed by atoms with Crippen LogP contribution in [0.2, 0.25) is 5.02 Å². The van der Waals surface area contributed by atoms with Gasteiger partial charge in [-0.3, -0.25) is 4.98 Å². The lowest BCUT2D eigenvalue weighted by Gasteiger charge is -1.95. The van der Waals surface area contributed by atoms with Gasteiger partial charge in [0.1, 0.15) is 5.82 Å². The smallest absolute Gasteiger partial charge is 0.330 e. The van der Waals surface area contributed by atoms with Gasteiger partial charge in [0.2, 0.25) is 0 Å². The predicted octanol–water partition coefficient (Wildman–Crippen LogP) is 2.06. The van der Waals surface area contributed by atoms with E-state index in [-0.39, 0.29) is 10.7 Å². The lowest BCUT2D eigenvalue weighted by atomic mass is 10.3. The minimum absolute atomic E-state index is 0.0415. The topological polar surface area (TPSA) is 39.2 Å². The molecule has 0 spiro atoms. The van der Waals surface area contributed by atoms with Gasteiger partial charge in [0.05, 0.1) is 17.8 Å². The van der Waals surface area contributed by atoms with E-state index < -0.39 is 11.8 Å². The SMILES string of the molecule is COC(=O)C=Cc1ncc(Cl)cc1F. The van der Waals surface area contributed by atoms with Crippen molar-refractivity contribution in [2.75, 3.05) is 7.11 Å². The maximum Gasteiger partial charge on any atom is 0.330 e. The van der Waals surface area contributed by atoms with Crippen LogP contribution in [-0.2, 0) is 9.53 Å². The molecule has 0 saturated heterocycles.